The molecule has 1 heterocycles. The third-order valence-corrected chi connectivity index (χ3v) is 8.19. The standard InChI is InChI=1S/C30H31BrN2O5/c1-16-7-4-8-20(17(16)2)33-26(36)15-38-30-19(31)13-18(14-25(30)37-3)27-28-21(9-5-11-23(28)34)32-22-10-6-12-24(35)29(22)27/h4,7-8,13-14,27,32H,5-6,9-12,15H2,1-3H3,(H,33,36). The highest BCUT2D eigenvalue weighted by Gasteiger charge is 2.40. The highest BCUT2D eigenvalue weighted by Crippen LogP contribution is 2.48. The summed E-state index contributed by atoms with van der Waals surface area (Å²) in [6.07, 6.45) is 4.14. The van der Waals surface area contributed by atoms with Crippen molar-refractivity contribution in [2.45, 2.75) is 58.3 Å². The first-order chi connectivity index (χ1) is 18.3. The molecule has 0 spiro atoms. The molecule has 1 aliphatic heterocycles. The van der Waals surface area contributed by atoms with E-state index in [4.69, 9.17) is 9.47 Å². The molecule has 0 saturated carbocycles. The molecule has 0 saturated heterocycles. The van der Waals surface area contributed by atoms with Gasteiger partial charge in [0, 0.05) is 47.0 Å². The molecule has 0 unspecified atom stereocenters. The predicted octanol–water partition coefficient (Wildman–Crippen LogP) is 5.79. The van der Waals surface area contributed by atoms with Gasteiger partial charge in [0.05, 0.1) is 11.6 Å². The topological polar surface area (TPSA) is 93.7 Å². The lowest BCUT2D eigenvalue weighted by molar-refractivity contribution is -0.118. The molecule has 8 heteroatoms. The number of allylic oxidation sites excluding steroid dienone is 4. The minimum atomic E-state index is -0.450. The number of carbonyl (C=O) groups is 3. The van der Waals surface area contributed by atoms with Gasteiger partial charge in [-0.25, -0.2) is 0 Å². The molecule has 198 valence electrons. The van der Waals surface area contributed by atoms with Crippen LogP contribution in [0.1, 0.15) is 61.1 Å². The zero-order valence-corrected chi connectivity index (χ0v) is 23.4. The molecule has 2 aromatic rings. The number of halogens is 1. The first kappa shape index (κ1) is 26.2. The fourth-order valence-electron chi connectivity index (χ4n) is 5.57. The second-order valence-electron chi connectivity index (χ2n) is 10.0. The number of amides is 1. The summed E-state index contributed by atoms with van der Waals surface area (Å²) >= 11 is 3.60. The van der Waals surface area contributed by atoms with Gasteiger partial charge in [-0.3, -0.25) is 14.4 Å². The molecule has 2 aliphatic carbocycles. The molecule has 0 atom stereocenters. The number of anilines is 1. The Labute approximate surface area is 230 Å². The second kappa shape index (κ2) is 10.8. The first-order valence-corrected chi connectivity index (χ1v) is 13.7. The van der Waals surface area contributed by atoms with Crippen LogP contribution in [0.4, 0.5) is 5.69 Å². The van der Waals surface area contributed by atoms with Crippen LogP contribution in [0, 0.1) is 13.8 Å². The number of carbonyl (C=O) groups excluding carboxylic acids is 3. The zero-order chi connectivity index (χ0) is 27.0. The summed E-state index contributed by atoms with van der Waals surface area (Å²) < 4.78 is 12.2. The van der Waals surface area contributed by atoms with E-state index < -0.39 is 5.92 Å². The molecule has 2 aromatic carbocycles. The van der Waals surface area contributed by atoms with E-state index in [2.05, 4.69) is 26.6 Å². The van der Waals surface area contributed by atoms with Crippen LogP contribution in [0.25, 0.3) is 0 Å². The average molecular weight is 579 g/mol. The number of methoxy groups -OCH3 is 1. The maximum absolute atomic E-state index is 13.1. The molecule has 1 amide bonds. The third-order valence-electron chi connectivity index (χ3n) is 7.60. The Morgan fingerprint density at radius 1 is 1.03 bits per heavy atom. The van der Waals surface area contributed by atoms with Crippen LogP contribution in [-0.2, 0) is 14.4 Å². The lowest BCUT2D eigenvalue weighted by atomic mass is 9.71. The molecule has 38 heavy (non-hydrogen) atoms. The van der Waals surface area contributed by atoms with Crippen molar-refractivity contribution in [1.82, 2.24) is 5.32 Å². The highest BCUT2D eigenvalue weighted by molar-refractivity contribution is 9.10. The van der Waals surface area contributed by atoms with Crippen molar-refractivity contribution >= 4 is 39.1 Å². The van der Waals surface area contributed by atoms with Crippen molar-refractivity contribution < 1.29 is 23.9 Å². The van der Waals surface area contributed by atoms with Gasteiger partial charge in [-0.15, -0.1) is 0 Å². The van der Waals surface area contributed by atoms with Crippen molar-refractivity contribution in [1.29, 1.82) is 0 Å². The summed E-state index contributed by atoms with van der Waals surface area (Å²) in [7, 11) is 1.53. The number of ketones is 2. The molecule has 5 rings (SSSR count). The lowest BCUT2D eigenvalue weighted by Crippen LogP contribution is -2.36. The molecular weight excluding hydrogens is 548 g/mol. The number of hydrogen-bond donors (Lipinski definition) is 2. The summed E-state index contributed by atoms with van der Waals surface area (Å²) in [6.45, 7) is 3.74. The van der Waals surface area contributed by atoms with E-state index in [1.165, 1.54) is 7.11 Å². The van der Waals surface area contributed by atoms with E-state index in [1.54, 1.807) is 0 Å². The number of benzene rings is 2. The van der Waals surface area contributed by atoms with Crippen molar-refractivity contribution in [3.63, 3.8) is 0 Å². The third kappa shape index (κ3) is 4.89. The summed E-state index contributed by atoms with van der Waals surface area (Å²) in [6, 6.07) is 9.43. The summed E-state index contributed by atoms with van der Waals surface area (Å²) in [4.78, 5) is 38.9. The SMILES string of the molecule is COc1cc(C2C3=C(CCCC3=O)NC3=C2C(=O)CCC3)cc(Br)c1OCC(=O)Nc1cccc(C)c1C. The van der Waals surface area contributed by atoms with Crippen LogP contribution in [0.3, 0.4) is 0 Å². The fraction of sp³-hybridized carbons (Fsp3) is 0.367. The van der Waals surface area contributed by atoms with E-state index in [0.717, 1.165) is 59.5 Å². The number of Topliss-reactive ketones (excluding diaryl/α,β-unsaturated/α-hetero) is 2. The number of hydrogen-bond acceptors (Lipinski definition) is 6. The number of dihydropyridines is 1. The Balaban J connectivity index is 1.45. The quantitative estimate of drug-likeness (QED) is 0.450. The van der Waals surface area contributed by atoms with Crippen LogP contribution < -0.4 is 20.1 Å². The van der Waals surface area contributed by atoms with Gasteiger partial charge in [-0.05, 0) is 90.4 Å². The van der Waals surface area contributed by atoms with E-state index in [9.17, 15) is 14.4 Å². The minimum absolute atomic E-state index is 0.0761. The maximum Gasteiger partial charge on any atom is 0.262 e. The van der Waals surface area contributed by atoms with Gasteiger partial charge in [-0.2, -0.15) is 0 Å². The Bertz CT molecular complexity index is 1370. The molecule has 0 radical (unpaired) electrons. The van der Waals surface area contributed by atoms with Gasteiger partial charge in [0.2, 0.25) is 0 Å². The van der Waals surface area contributed by atoms with Crippen molar-refractivity contribution in [2.24, 2.45) is 0 Å². The fourth-order valence-corrected chi connectivity index (χ4v) is 6.15. The molecule has 2 N–H and O–H groups in total. The van der Waals surface area contributed by atoms with Gasteiger partial charge in [0.1, 0.15) is 0 Å². The Morgan fingerprint density at radius 3 is 2.32 bits per heavy atom. The predicted molar refractivity (Wildman–Crippen MR) is 148 cm³/mol. The van der Waals surface area contributed by atoms with Gasteiger partial charge >= 0.3 is 0 Å². The van der Waals surface area contributed by atoms with Crippen LogP contribution in [0.15, 0.2) is 57.3 Å². The lowest BCUT2D eigenvalue weighted by Gasteiger charge is -2.37. The number of rotatable bonds is 6. The number of nitrogens with one attached hydrogen (secondary N) is 2. The van der Waals surface area contributed by atoms with Crippen LogP contribution in [0.2, 0.25) is 0 Å². The van der Waals surface area contributed by atoms with Crippen molar-refractivity contribution in [3.8, 4) is 11.5 Å². The first-order valence-electron chi connectivity index (χ1n) is 12.9. The molecule has 0 aromatic heterocycles. The second-order valence-corrected chi connectivity index (χ2v) is 10.9. The summed E-state index contributed by atoms with van der Waals surface area (Å²) in [5, 5.41) is 6.34. The molecule has 0 fully saturated rings. The summed E-state index contributed by atoms with van der Waals surface area (Å²) in [5.74, 6) is 0.214. The van der Waals surface area contributed by atoms with Gasteiger partial charge in [-0.1, -0.05) is 12.1 Å². The molecule has 7 nitrogen and oxygen atoms in total. The molecule has 3 aliphatic rings. The van der Waals surface area contributed by atoms with E-state index in [-0.39, 0.29) is 24.1 Å². The smallest absolute Gasteiger partial charge is 0.262 e. The van der Waals surface area contributed by atoms with Crippen molar-refractivity contribution in [2.75, 3.05) is 19.0 Å². The van der Waals surface area contributed by atoms with Crippen LogP contribution in [0.5, 0.6) is 11.5 Å². The monoisotopic (exact) mass is 578 g/mol. The van der Waals surface area contributed by atoms with Crippen molar-refractivity contribution in [3.05, 3.63) is 74.0 Å². The van der Waals surface area contributed by atoms with E-state index in [0.29, 0.717) is 40.0 Å². The minimum Gasteiger partial charge on any atom is -0.493 e. The summed E-state index contributed by atoms with van der Waals surface area (Å²) in [5.41, 5.74) is 6.84. The average Bonchev–Trinajstić information content (AvgIpc) is 2.89. The van der Waals surface area contributed by atoms with E-state index >= 15 is 0 Å². The number of ether oxygens (including phenoxy) is 2. The largest absolute Gasteiger partial charge is 0.493 e. The Hall–Kier alpha value is -3.39. The van der Waals surface area contributed by atoms with Crippen LogP contribution in [-0.4, -0.2) is 31.2 Å². The zero-order valence-electron chi connectivity index (χ0n) is 21.8. The maximum atomic E-state index is 13.1. The van der Waals surface area contributed by atoms with Crippen LogP contribution >= 0.6 is 15.9 Å². The number of aryl methyl sites for hydroxylation is 1. The van der Waals surface area contributed by atoms with Gasteiger partial charge < -0.3 is 20.1 Å². The molecular formula is C30H31BrN2O5. The van der Waals surface area contributed by atoms with E-state index in [1.807, 2.05) is 44.2 Å². The van der Waals surface area contributed by atoms with Gasteiger partial charge in [0.25, 0.3) is 5.91 Å². The van der Waals surface area contributed by atoms with Gasteiger partial charge in [0.15, 0.2) is 29.7 Å². The Morgan fingerprint density at radius 2 is 1.68 bits per heavy atom. The Kier molecular flexibility index (Phi) is 7.43. The normalized spacial score (nSPS) is 17.6. The highest BCUT2D eigenvalue weighted by atomic mass is 79.9. The molecule has 0 bridgehead atoms.